The molecule has 0 spiro atoms. The van der Waals surface area contributed by atoms with Gasteiger partial charge in [-0.3, -0.25) is 14.9 Å². The number of nitrogens with one attached hydrogen (secondary N) is 2. The van der Waals surface area contributed by atoms with Gasteiger partial charge >= 0.3 is 0 Å². The van der Waals surface area contributed by atoms with E-state index in [1.165, 1.54) is 25.7 Å². The quantitative estimate of drug-likeness (QED) is 0.856. The summed E-state index contributed by atoms with van der Waals surface area (Å²) in [6, 6.07) is 4.60. The first kappa shape index (κ1) is 12.7. The third kappa shape index (κ3) is 2.41. The van der Waals surface area contributed by atoms with Crippen molar-refractivity contribution in [2.75, 3.05) is 5.43 Å². The summed E-state index contributed by atoms with van der Waals surface area (Å²) in [5, 5.41) is 3.52. The summed E-state index contributed by atoms with van der Waals surface area (Å²) in [7, 11) is 0. The number of aryl methyl sites for hydroxylation is 2. The van der Waals surface area contributed by atoms with Crippen molar-refractivity contribution >= 4 is 5.91 Å². The highest BCUT2D eigenvalue weighted by Crippen LogP contribution is 2.33. The van der Waals surface area contributed by atoms with Gasteiger partial charge in [-0.1, -0.05) is 12.8 Å². The molecule has 2 heterocycles. The van der Waals surface area contributed by atoms with Crippen LogP contribution >= 0.6 is 0 Å². The van der Waals surface area contributed by atoms with Crippen molar-refractivity contribution in [1.82, 2.24) is 9.99 Å². The van der Waals surface area contributed by atoms with Crippen molar-refractivity contribution in [2.45, 2.75) is 58.0 Å². The molecule has 2 fully saturated rings. The van der Waals surface area contributed by atoms with E-state index in [4.69, 9.17) is 0 Å². The Balaban J connectivity index is 1.65. The van der Waals surface area contributed by atoms with Crippen molar-refractivity contribution < 1.29 is 4.79 Å². The zero-order valence-electron chi connectivity index (χ0n) is 11.8. The Bertz CT molecular complexity index is 446. The summed E-state index contributed by atoms with van der Waals surface area (Å²) in [5.41, 5.74) is 5.17. The highest BCUT2D eigenvalue weighted by molar-refractivity contribution is 5.89. The van der Waals surface area contributed by atoms with E-state index in [0.717, 1.165) is 17.8 Å². The number of fused-ring (bicyclic) bond motifs is 1. The van der Waals surface area contributed by atoms with E-state index in [-0.39, 0.29) is 11.9 Å². The number of amides is 1. The molecule has 3 unspecified atom stereocenters. The lowest BCUT2D eigenvalue weighted by atomic mass is 9.85. The first-order valence-electron chi connectivity index (χ1n) is 7.37. The van der Waals surface area contributed by atoms with E-state index < -0.39 is 0 Å². The molecular weight excluding hydrogens is 238 g/mol. The highest BCUT2D eigenvalue weighted by Gasteiger charge is 2.38. The molecule has 1 aromatic heterocycles. The van der Waals surface area contributed by atoms with E-state index in [0.29, 0.717) is 12.0 Å². The number of carbonyl (C=O) groups is 1. The Morgan fingerprint density at radius 2 is 1.95 bits per heavy atom. The molecule has 19 heavy (non-hydrogen) atoms. The lowest BCUT2D eigenvalue weighted by Gasteiger charge is -2.24. The number of hydrogen-bond donors (Lipinski definition) is 2. The van der Waals surface area contributed by atoms with Gasteiger partial charge in [0.2, 0.25) is 0 Å². The number of nitrogens with zero attached hydrogens (tertiary/aromatic N) is 1. The van der Waals surface area contributed by atoms with Gasteiger partial charge in [0, 0.05) is 17.4 Å². The summed E-state index contributed by atoms with van der Waals surface area (Å²) >= 11 is 0. The van der Waals surface area contributed by atoms with Crippen molar-refractivity contribution in [1.29, 1.82) is 0 Å². The lowest BCUT2D eigenvalue weighted by molar-refractivity contribution is -0.118. The Kier molecular flexibility index (Phi) is 3.35. The number of hydrogen-bond acceptors (Lipinski definition) is 2. The minimum atomic E-state index is -0.0192. The van der Waals surface area contributed by atoms with Gasteiger partial charge in [0.15, 0.2) is 0 Å². The largest absolute Gasteiger partial charge is 0.303 e. The number of aromatic nitrogens is 1. The molecule has 0 radical (unpaired) electrons. The fourth-order valence-electron chi connectivity index (χ4n) is 3.55. The van der Waals surface area contributed by atoms with Crippen LogP contribution in [0.4, 0.5) is 0 Å². The molecule has 0 aromatic carbocycles. The van der Waals surface area contributed by atoms with Gasteiger partial charge in [-0.15, -0.1) is 0 Å². The van der Waals surface area contributed by atoms with Gasteiger partial charge in [-0.05, 0) is 51.2 Å². The Morgan fingerprint density at radius 1 is 1.26 bits per heavy atom. The first-order chi connectivity index (χ1) is 9.15. The van der Waals surface area contributed by atoms with Gasteiger partial charge in [0.05, 0.1) is 6.04 Å². The van der Waals surface area contributed by atoms with Gasteiger partial charge in [0.1, 0.15) is 0 Å². The topological polar surface area (TPSA) is 46.1 Å². The van der Waals surface area contributed by atoms with Crippen LogP contribution in [0.5, 0.6) is 0 Å². The molecule has 2 aliphatic rings. The minimum Gasteiger partial charge on any atom is -0.303 e. The van der Waals surface area contributed by atoms with Crippen molar-refractivity contribution in [3.63, 3.8) is 0 Å². The fourth-order valence-corrected chi connectivity index (χ4v) is 3.55. The molecule has 3 atom stereocenters. The van der Waals surface area contributed by atoms with Crippen molar-refractivity contribution in [3.05, 3.63) is 23.5 Å². The molecule has 1 saturated heterocycles. The van der Waals surface area contributed by atoms with E-state index in [1.807, 2.05) is 30.7 Å². The molecule has 0 bridgehead atoms. The van der Waals surface area contributed by atoms with Gasteiger partial charge in [-0.25, -0.2) is 0 Å². The molecule has 104 valence electrons. The van der Waals surface area contributed by atoms with Gasteiger partial charge < -0.3 is 5.32 Å². The van der Waals surface area contributed by atoms with Crippen LogP contribution in [0, 0.1) is 19.8 Å². The molecule has 1 saturated carbocycles. The van der Waals surface area contributed by atoms with Crippen LogP contribution in [-0.2, 0) is 4.79 Å². The molecule has 2 N–H and O–H groups in total. The maximum Gasteiger partial charge on any atom is 0.255 e. The average molecular weight is 261 g/mol. The standard InChI is InChI=1S/C15H23N3O/c1-10-7-8-11(2)18(10)17-15(19)14-9-12-5-3-4-6-13(12)16-14/h7-8,12-14,16H,3-6,9H2,1-2H3,(H,17,19). The molecule has 1 aromatic rings. The van der Waals surface area contributed by atoms with Crippen LogP contribution in [0.3, 0.4) is 0 Å². The summed E-state index contributed by atoms with van der Waals surface area (Å²) in [6.45, 7) is 4.02. The molecule has 1 amide bonds. The molecule has 4 nitrogen and oxygen atoms in total. The number of rotatable bonds is 2. The summed E-state index contributed by atoms with van der Waals surface area (Å²) in [4.78, 5) is 12.4. The predicted molar refractivity (Wildman–Crippen MR) is 75.6 cm³/mol. The molecule has 4 heteroatoms. The Labute approximate surface area is 114 Å². The van der Waals surface area contributed by atoms with Crippen LogP contribution in [0.2, 0.25) is 0 Å². The Hall–Kier alpha value is -1.29. The lowest BCUT2D eigenvalue weighted by Crippen LogP contribution is -2.42. The smallest absolute Gasteiger partial charge is 0.255 e. The van der Waals surface area contributed by atoms with E-state index in [1.54, 1.807) is 0 Å². The second-order valence-electron chi connectivity index (χ2n) is 6.03. The third-order valence-electron chi connectivity index (χ3n) is 4.67. The maximum atomic E-state index is 12.4. The molecule has 3 rings (SSSR count). The van der Waals surface area contributed by atoms with Crippen LogP contribution in [-0.4, -0.2) is 22.7 Å². The van der Waals surface area contributed by atoms with Crippen LogP contribution in [0.15, 0.2) is 12.1 Å². The van der Waals surface area contributed by atoms with Crippen LogP contribution in [0.25, 0.3) is 0 Å². The van der Waals surface area contributed by atoms with Gasteiger partial charge in [-0.2, -0.15) is 0 Å². The maximum absolute atomic E-state index is 12.4. The van der Waals surface area contributed by atoms with Crippen LogP contribution in [0.1, 0.15) is 43.5 Å². The SMILES string of the molecule is Cc1ccc(C)n1NC(=O)C1CC2CCCCC2N1. The van der Waals surface area contributed by atoms with Crippen molar-refractivity contribution in [3.8, 4) is 0 Å². The monoisotopic (exact) mass is 261 g/mol. The average Bonchev–Trinajstić information content (AvgIpc) is 2.97. The molecular formula is C15H23N3O. The zero-order valence-corrected chi connectivity index (χ0v) is 11.8. The number of carbonyl (C=O) groups excluding carboxylic acids is 1. The summed E-state index contributed by atoms with van der Waals surface area (Å²) in [5.74, 6) is 0.813. The summed E-state index contributed by atoms with van der Waals surface area (Å²) < 4.78 is 1.88. The second kappa shape index (κ2) is 5.00. The molecule has 1 aliphatic carbocycles. The van der Waals surface area contributed by atoms with E-state index in [9.17, 15) is 4.79 Å². The normalized spacial score (nSPS) is 30.1. The second-order valence-corrected chi connectivity index (χ2v) is 6.03. The van der Waals surface area contributed by atoms with E-state index >= 15 is 0 Å². The fraction of sp³-hybridized carbons (Fsp3) is 0.667. The minimum absolute atomic E-state index is 0.0192. The van der Waals surface area contributed by atoms with E-state index in [2.05, 4.69) is 10.7 Å². The first-order valence-corrected chi connectivity index (χ1v) is 7.37. The molecule has 1 aliphatic heterocycles. The third-order valence-corrected chi connectivity index (χ3v) is 4.67. The Morgan fingerprint density at radius 3 is 2.63 bits per heavy atom. The zero-order chi connectivity index (χ0) is 13.4. The summed E-state index contributed by atoms with van der Waals surface area (Å²) in [6.07, 6.45) is 6.14. The highest BCUT2D eigenvalue weighted by atomic mass is 16.2. The van der Waals surface area contributed by atoms with Crippen LogP contribution < -0.4 is 10.7 Å². The van der Waals surface area contributed by atoms with Crippen molar-refractivity contribution in [2.24, 2.45) is 5.92 Å². The predicted octanol–water partition coefficient (Wildman–Crippen LogP) is 2.10. The van der Waals surface area contributed by atoms with Gasteiger partial charge in [0.25, 0.3) is 5.91 Å².